The molecule has 0 unspecified atom stereocenters. The molecule has 42 heavy (non-hydrogen) atoms. The van der Waals surface area contributed by atoms with E-state index in [2.05, 4.69) is 20.8 Å². The van der Waals surface area contributed by atoms with Gasteiger partial charge in [-0.3, -0.25) is 0 Å². The second-order valence-corrected chi connectivity index (χ2v) is 20.0. The highest BCUT2D eigenvalue weighted by molar-refractivity contribution is 5.68. The number of rotatable bonds is 3. The van der Waals surface area contributed by atoms with Crippen molar-refractivity contribution in [2.45, 2.75) is 158 Å². The Hall–Kier alpha value is -1.18. The van der Waals surface area contributed by atoms with Gasteiger partial charge in [-0.1, -0.05) is 20.8 Å². The van der Waals surface area contributed by atoms with Crippen LogP contribution in [-0.4, -0.2) is 10.2 Å². The SMILES string of the molecule is CC(C)(C)c1c(O)c(C23CC4CC(CC(C4)C2)C3)c(C23CC4CC(CC(C4)C2)C3)c(O)c1C12CC3CC(CC(C3)C1)C2. The highest BCUT2D eigenvalue weighted by Crippen LogP contribution is 2.71. The molecule has 1 aromatic carbocycles. The van der Waals surface area contributed by atoms with Crippen molar-refractivity contribution >= 4 is 0 Å². The van der Waals surface area contributed by atoms with E-state index in [1.165, 1.54) is 138 Å². The summed E-state index contributed by atoms with van der Waals surface area (Å²) < 4.78 is 0. The van der Waals surface area contributed by atoms with Crippen LogP contribution in [0.3, 0.4) is 0 Å². The van der Waals surface area contributed by atoms with Crippen LogP contribution < -0.4 is 0 Å². The van der Waals surface area contributed by atoms with Gasteiger partial charge in [-0.15, -0.1) is 0 Å². The summed E-state index contributed by atoms with van der Waals surface area (Å²) in [5.74, 6) is 8.95. The molecule has 2 N–H and O–H groups in total. The van der Waals surface area contributed by atoms with Gasteiger partial charge in [0, 0.05) is 38.5 Å². The zero-order chi connectivity index (χ0) is 28.4. The molecule has 12 saturated carbocycles. The summed E-state index contributed by atoms with van der Waals surface area (Å²) in [4.78, 5) is 0. The van der Waals surface area contributed by atoms with Gasteiger partial charge in [-0.05, 0) is 174 Å². The number of phenolic OH excluding ortho intramolecular Hbond substituents is 2. The highest BCUT2D eigenvalue weighted by Gasteiger charge is 2.61. The molecular formula is C40H56O2. The summed E-state index contributed by atoms with van der Waals surface area (Å²) in [5.41, 5.74) is 5.25. The van der Waals surface area contributed by atoms with Crippen molar-refractivity contribution < 1.29 is 10.2 Å². The minimum atomic E-state index is -0.183. The van der Waals surface area contributed by atoms with Gasteiger partial charge in [0.15, 0.2) is 0 Å². The van der Waals surface area contributed by atoms with Crippen molar-refractivity contribution in [2.75, 3.05) is 0 Å². The molecule has 0 aliphatic heterocycles. The van der Waals surface area contributed by atoms with Crippen LogP contribution in [0.15, 0.2) is 0 Å². The summed E-state index contributed by atoms with van der Waals surface area (Å²) in [5, 5.41) is 26.5. The molecule has 0 aromatic heterocycles. The van der Waals surface area contributed by atoms with E-state index in [0.717, 1.165) is 59.0 Å². The van der Waals surface area contributed by atoms with Gasteiger partial charge >= 0.3 is 0 Å². The van der Waals surface area contributed by atoms with Gasteiger partial charge in [-0.25, -0.2) is 0 Å². The number of phenols is 2. The van der Waals surface area contributed by atoms with E-state index in [0.29, 0.717) is 5.75 Å². The van der Waals surface area contributed by atoms with Crippen molar-refractivity contribution in [3.63, 3.8) is 0 Å². The van der Waals surface area contributed by atoms with Gasteiger partial charge < -0.3 is 10.2 Å². The molecule has 12 aliphatic carbocycles. The van der Waals surface area contributed by atoms with Crippen LogP contribution >= 0.6 is 0 Å². The first-order chi connectivity index (χ1) is 20.0. The molecule has 12 fully saturated rings. The fraction of sp³-hybridized carbons (Fsp3) is 0.850. The quantitative estimate of drug-likeness (QED) is 0.356. The maximum absolute atomic E-state index is 13.3. The van der Waals surface area contributed by atoms with E-state index in [9.17, 15) is 10.2 Å². The van der Waals surface area contributed by atoms with Crippen LogP contribution in [0.1, 0.15) is 159 Å². The summed E-state index contributed by atoms with van der Waals surface area (Å²) >= 11 is 0. The van der Waals surface area contributed by atoms with Crippen molar-refractivity contribution in [3.8, 4) is 11.5 Å². The van der Waals surface area contributed by atoms with E-state index in [-0.39, 0.29) is 21.7 Å². The molecule has 13 rings (SSSR count). The molecular weight excluding hydrogens is 512 g/mol. The van der Waals surface area contributed by atoms with E-state index in [1.54, 1.807) is 0 Å². The van der Waals surface area contributed by atoms with Gasteiger partial charge in [0.25, 0.3) is 0 Å². The predicted molar refractivity (Wildman–Crippen MR) is 168 cm³/mol. The maximum atomic E-state index is 13.3. The average Bonchev–Trinajstić information content (AvgIpc) is 2.86. The van der Waals surface area contributed by atoms with Crippen molar-refractivity contribution in [1.29, 1.82) is 0 Å². The van der Waals surface area contributed by atoms with E-state index < -0.39 is 0 Å². The summed E-state index contributed by atoms with van der Waals surface area (Å²) in [6.45, 7) is 7.04. The molecule has 0 atom stereocenters. The predicted octanol–water partition coefficient (Wildman–Crippen LogP) is 9.80. The summed E-state index contributed by atoms with van der Waals surface area (Å²) in [6.07, 6.45) is 24.2. The molecule has 2 heteroatoms. The Morgan fingerprint density at radius 2 is 0.643 bits per heavy atom. The standard InChI is InChI=1S/C40H56O2/c1-37(2,3)31-32(38-13-22-4-23(14-38)6-24(5-22)15-38)36(42)34(40-19-28-10-29(20-40)12-30(11-28)21-40)33(35(31)41)39-16-25-7-26(17-39)9-27(8-25)18-39/h22-30,41-42H,4-21H2,1-3H3. The van der Waals surface area contributed by atoms with Crippen LogP contribution in [0.4, 0.5) is 0 Å². The third-order valence-corrected chi connectivity index (χ3v) is 15.9. The molecule has 0 saturated heterocycles. The second kappa shape index (κ2) is 8.15. The van der Waals surface area contributed by atoms with Crippen LogP contribution in [0.5, 0.6) is 11.5 Å². The normalized spacial score (nSPS) is 51.2. The monoisotopic (exact) mass is 568 g/mol. The molecule has 0 radical (unpaired) electrons. The minimum absolute atomic E-state index is 0.0793. The molecule has 0 amide bonds. The molecule has 0 heterocycles. The Kier molecular flexibility index (Phi) is 5.06. The first-order valence-electron chi connectivity index (χ1n) is 18.7. The van der Waals surface area contributed by atoms with Crippen LogP contribution in [0, 0.1) is 53.3 Å². The summed E-state index contributed by atoms with van der Waals surface area (Å²) in [7, 11) is 0. The van der Waals surface area contributed by atoms with Crippen LogP contribution in [0.2, 0.25) is 0 Å². The topological polar surface area (TPSA) is 40.5 Å². The number of aromatic hydroxyl groups is 2. The van der Waals surface area contributed by atoms with Crippen LogP contribution in [-0.2, 0) is 21.7 Å². The zero-order valence-electron chi connectivity index (χ0n) is 26.8. The van der Waals surface area contributed by atoms with E-state index in [1.807, 2.05) is 0 Å². The lowest BCUT2D eigenvalue weighted by Crippen LogP contribution is -2.53. The van der Waals surface area contributed by atoms with Gasteiger partial charge in [0.05, 0.1) is 0 Å². The zero-order valence-corrected chi connectivity index (χ0v) is 26.8. The molecule has 12 aliphatic rings. The van der Waals surface area contributed by atoms with E-state index in [4.69, 9.17) is 0 Å². The summed E-state index contributed by atoms with van der Waals surface area (Å²) in [6, 6.07) is 0. The van der Waals surface area contributed by atoms with Gasteiger partial charge in [-0.2, -0.15) is 0 Å². The number of benzene rings is 1. The Labute approximate surface area is 254 Å². The lowest BCUT2D eigenvalue weighted by molar-refractivity contribution is -0.0208. The molecule has 1 aromatic rings. The van der Waals surface area contributed by atoms with Crippen molar-refractivity contribution in [1.82, 2.24) is 0 Å². The number of hydrogen-bond acceptors (Lipinski definition) is 2. The lowest BCUT2D eigenvalue weighted by atomic mass is 9.42. The Morgan fingerprint density at radius 1 is 0.405 bits per heavy atom. The largest absolute Gasteiger partial charge is 0.507 e. The smallest absolute Gasteiger partial charge is 0.123 e. The minimum Gasteiger partial charge on any atom is -0.507 e. The number of hydrogen-bond donors (Lipinski definition) is 2. The molecule has 2 nitrogen and oxygen atoms in total. The molecule has 228 valence electrons. The Morgan fingerprint density at radius 3 is 0.905 bits per heavy atom. The van der Waals surface area contributed by atoms with E-state index >= 15 is 0 Å². The molecule has 0 spiro atoms. The first kappa shape index (κ1) is 26.1. The van der Waals surface area contributed by atoms with Crippen LogP contribution in [0.25, 0.3) is 0 Å². The Balaban J connectivity index is 1.27. The maximum Gasteiger partial charge on any atom is 0.123 e. The fourth-order valence-corrected chi connectivity index (χ4v) is 16.3. The average molecular weight is 569 g/mol. The first-order valence-corrected chi connectivity index (χ1v) is 18.7. The third kappa shape index (κ3) is 3.40. The van der Waals surface area contributed by atoms with Crippen molar-refractivity contribution in [2.24, 2.45) is 53.3 Å². The van der Waals surface area contributed by atoms with Gasteiger partial charge in [0.1, 0.15) is 11.5 Å². The highest BCUT2D eigenvalue weighted by atomic mass is 16.3. The van der Waals surface area contributed by atoms with Crippen molar-refractivity contribution in [3.05, 3.63) is 22.3 Å². The Bertz CT molecular complexity index is 1230. The lowest BCUT2D eigenvalue weighted by Gasteiger charge is -2.62. The third-order valence-electron chi connectivity index (χ3n) is 15.9. The second-order valence-electron chi connectivity index (χ2n) is 20.0. The molecule has 12 bridgehead atoms. The fourth-order valence-electron chi connectivity index (χ4n) is 16.3. The van der Waals surface area contributed by atoms with Gasteiger partial charge in [0.2, 0.25) is 0 Å².